The fourth-order valence-corrected chi connectivity index (χ4v) is 2.20. The van der Waals surface area contributed by atoms with Crippen LogP contribution < -0.4 is 5.32 Å². The van der Waals surface area contributed by atoms with Crippen molar-refractivity contribution in [2.24, 2.45) is 5.92 Å². The Hall–Kier alpha value is -0.0900. The van der Waals surface area contributed by atoms with E-state index < -0.39 is 0 Å². The van der Waals surface area contributed by atoms with Crippen LogP contribution in [0.4, 0.5) is 0 Å². The van der Waals surface area contributed by atoms with Gasteiger partial charge >= 0.3 is 0 Å². The summed E-state index contributed by atoms with van der Waals surface area (Å²) in [6.45, 7) is 4.65. The van der Waals surface area contributed by atoms with Crippen molar-refractivity contribution in [3.05, 3.63) is 33.3 Å². The van der Waals surface area contributed by atoms with Crippen LogP contribution in [0.15, 0.2) is 22.7 Å². The molecular formula is C12H17BrClNO. The van der Waals surface area contributed by atoms with Crippen LogP contribution in [0, 0.1) is 5.92 Å². The quantitative estimate of drug-likeness (QED) is 0.869. The van der Waals surface area contributed by atoms with E-state index in [1.54, 1.807) is 7.11 Å². The largest absolute Gasteiger partial charge is 0.384 e. The Kier molecular flexibility index (Phi) is 6.36. The van der Waals surface area contributed by atoms with E-state index in [0.29, 0.717) is 5.92 Å². The number of rotatable bonds is 6. The van der Waals surface area contributed by atoms with E-state index in [1.165, 1.54) is 0 Å². The predicted molar refractivity (Wildman–Crippen MR) is 71.9 cm³/mol. The van der Waals surface area contributed by atoms with Crippen LogP contribution in [0.2, 0.25) is 5.02 Å². The molecule has 0 aliphatic carbocycles. The lowest BCUT2D eigenvalue weighted by Gasteiger charge is -2.12. The van der Waals surface area contributed by atoms with Gasteiger partial charge in [-0.3, -0.25) is 0 Å². The molecule has 1 aromatic rings. The van der Waals surface area contributed by atoms with Gasteiger partial charge in [0.1, 0.15) is 0 Å². The summed E-state index contributed by atoms with van der Waals surface area (Å²) in [5, 5.41) is 4.16. The first kappa shape index (κ1) is 14.0. The van der Waals surface area contributed by atoms with Crippen LogP contribution >= 0.6 is 27.5 Å². The monoisotopic (exact) mass is 305 g/mol. The van der Waals surface area contributed by atoms with Crippen LogP contribution in [-0.4, -0.2) is 20.3 Å². The van der Waals surface area contributed by atoms with Crippen LogP contribution in [0.25, 0.3) is 0 Å². The number of halogens is 2. The third-order valence-corrected chi connectivity index (χ3v) is 3.12. The Balaban J connectivity index is 2.37. The van der Waals surface area contributed by atoms with Gasteiger partial charge in [0.2, 0.25) is 0 Å². The summed E-state index contributed by atoms with van der Waals surface area (Å²) in [7, 11) is 1.72. The molecule has 1 unspecified atom stereocenters. The lowest BCUT2D eigenvalue weighted by atomic mass is 10.2. The fraction of sp³-hybridized carbons (Fsp3) is 0.500. The molecule has 1 atom stereocenters. The third-order valence-electron chi connectivity index (χ3n) is 2.27. The zero-order valence-electron chi connectivity index (χ0n) is 9.59. The molecule has 2 nitrogen and oxygen atoms in total. The summed E-state index contributed by atoms with van der Waals surface area (Å²) >= 11 is 9.50. The van der Waals surface area contributed by atoms with Crippen molar-refractivity contribution < 1.29 is 4.74 Å². The van der Waals surface area contributed by atoms with Gasteiger partial charge in [0.25, 0.3) is 0 Å². The molecule has 0 saturated heterocycles. The molecule has 0 heterocycles. The predicted octanol–water partition coefficient (Wildman–Crippen LogP) is 3.47. The molecule has 1 N–H and O–H groups in total. The Morgan fingerprint density at radius 2 is 2.25 bits per heavy atom. The van der Waals surface area contributed by atoms with E-state index in [9.17, 15) is 0 Å². The van der Waals surface area contributed by atoms with Crippen molar-refractivity contribution in [1.82, 2.24) is 5.32 Å². The van der Waals surface area contributed by atoms with Gasteiger partial charge in [0.05, 0.1) is 0 Å². The molecule has 0 saturated carbocycles. The molecule has 0 fully saturated rings. The molecule has 0 aliphatic heterocycles. The smallest absolute Gasteiger partial charge is 0.0499 e. The molecule has 0 bridgehead atoms. The number of nitrogens with one attached hydrogen (secondary N) is 1. The highest BCUT2D eigenvalue weighted by molar-refractivity contribution is 9.10. The minimum Gasteiger partial charge on any atom is -0.384 e. The van der Waals surface area contributed by atoms with E-state index in [1.807, 2.05) is 18.2 Å². The molecule has 0 spiro atoms. The van der Waals surface area contributed by atoms with Gasteiger partial charge < -0.3 is 10.1 Å². The number of benzene rings is 1. The number of hydrogen-bond donors (Lipinski definition) is 1. The normalized spacial score (nSPS) is 12.8. The fourth-order valence-electron chi connectivity index (χ4n) is 1.46. The number of hydrogen-bond acceptors (Lipinski definition) is 2. The molecular weight excluding hydrogens is 289 g/mol. The van der Waals surface area contributed by atoms with Gasteiger partial charge in [-0.05, 0) is 23.6 Å². The lowest BCUT2D eigenvalue weighted by Crippen LogP contribution is -2.23. The first-order chi connectivity index (χ1) is 7.63. The topological polar surface area (TPSA) is 21.3 Å². The minimum absolute atomic E-state index is 0.513. The van der Waals surface area contributed by atoms with Crippen LogP contribution in [0.1, 0.15) is 12.5 Å². The molecule has 1 rings (SSSR count). The first-order valence-electron chi connectivity index (χ1n) is 5.27. The maximum Gasteiger partial charge on any atom is 0.0499 e. The Labute approximate surface area is 110 Å². The zero-order valence-corrected chi connectivity index (χ0v) is 11.9. The average molecular weight is 307 g/mol. The van der Waals surface area contributed by atoms with Crippen molar-refractivity contribution in [3.63, 3.8) is 0 Å². The molecule has 0 amide bonds. The van der Waals surface area contributed by atoms with Gasteiger partial charge in [0, 0.05) is 36.3 Å². The molecule has 0 radical (unpaired) electrons. The Bertz CT molecular complexity index is 333. The minimum atomic E-state index is 0.513. The average Bonchev–Trinajstić information content (AvgIpc) is 2.22. The number of ether oxygens (including phenoxy) is 1. The van der Waals surface area contributed by atoms with Crippen molar-refractivity contribution >= 4 is 27.5 Å². The number of methoxy groups -OCH3 is 1. The standard InChI is InChI=1S/C12H17BrClNO/c1-9(8-16-2)6-15-7-10-3-4-11(13)5-12(10)14/h3-5,9,15H,6-8H2,1-2H3. The van der Waals surface area contributed by atoms with E-state index >= 15 is 0 Å². The summed E-state index contributed by atoms with van der Waals surface area (Å²) in [6, 6.07) is 5.94. The van der Waals surface area contributed by atoms with Crippen LogP contribution in [-0.2, 0) is 11.3 Å². The first-order valence-corrected chi connectivity index (χ1v) is 6.44. The van der Waals surface area contributed by atoms with E-state index in [0.717, 1.165) is 34.8 Å². The van der Waals surface area contributed by atoms with Crippen molar-refractivity contribution in [1.29, 1.82) is 0 Å². The molecule has 4 heteroatoms. The molecule has 0 aromatic heterocycles. The maximum absolute atomic E-state index is 6.11. The molecule has 16 heavy (non-hydrogen) atoms. The Morgan fingerprint density at radius 3 is 2.88 bits per heavy atom. The lowest BCUT2D eigenvalue weighted by molar-refractivity contribution is 0.158. The second kappa shape index (κ2) is 7.28. The Morgan fingerprint density at radius 1 is 1.50 bits per heavy atom. The van der Waals surface area contributed by atoms with Crippen molar-refractivity contribution in [2.45, 2.75) is 13.5 Å². The van der Waals surface area contributed by atoms with Crippen LogP contribution in [0.3, 0.4) is 0 Å². The second-order valence-electron chi connectivity index (χ2n) is 3.93. The highest BCUT2D eigenvalue weighted by Gasteiger charge is 2.03. The highest BCUT2D eigenvalue weighted by atomic mass is 79.9. The summed E-state index contributed by atoms with van der Waals surface area (Å²) in [4.78, 5) is 0. The van der Waals surface area contributed by atoms with Gasteiger partial charge in [0.15, 0.2) is 0 Å². The van der Waals surface area contributed by atoms with Gasteiger partial charge in [-0.15, -0.1) is 0 Å². The molecule has 1 aromatic carbocycles. The zero-order chi connectivity index (χ0) is 12.0. The van der Waals surface area contributed by atoms with E-state index in [2.05, 4.69) is 28.2 Å². The SMILES string of the molecule is COCC(C)CNCc1ccc(Br)cc1Cl. The van der Waals surface area contributed by atoms with E-state index in [-0.39, 0.29) is 0 Å². The summed E-state index contributed by atoms with van der Waals surface area (Å²) in [6.07, 6.45) is 0. The molecule has 90 valence electrons. The summed E-state index contributed by atoms with van der Waals surface area (Å²) in [5.74, 6) is 0.513. The van der Waals surface area contributed by atoms with Gasteiger partial charge in [-0.2, -0.15) is 0 Å². The third kappa shape index (κ3) is 4.83. The second-order valence-corrected chi connectivity index (χ2v) is 5.25. The van der Waals surface area contributed by atoms with Gasteiger partial charge in [-0.1, -0.05) is 40.5 Å². The highest BCUT2D eigenvalue weighted by Crippen LogP contribution is 2.21. The summed E-state index contributed by atoms with van der Waals surface area (Å²) < 4.78 is 6.08. The van der Waals surface area contributed by atoms with Crippen molar-refractivity contribution in [2.75, 3.05) is 20.3 Å². The molecule has 0 aliphatic rings. The van der Waals surface area contributed by atoms with E-state index in [4.69, 9.17) is 16.3 Å². The van der Waals surface area contributed by atoms with Gasteiger partial charge in [-0.25, -0.2) is 0 Å². The van der Waals surface area contributed by atoms with Crippen LogP contribution in [0.5, 0.6) is 0 Å². The summed E-state index contributed by atoms with van der Waals surface area (Å²) in [5.41, 5.74) is 1.12. The maximum atomic E-state index is 6.11. The van der Waals surface area contributed by atoms with Crippen molar-refractivity contribution in [3.8, 4) is 0 Å².